The first-order valence-corrected chi connectivity index (χ1v) is 6.92. The van der Waals surface area contributed by atoms with Gasteiger partial charge in [0.1, 0.15) is 0 Å². The van der Waals surface area contributed by atoms with E-state index in [9.17, 15) is 4.79 Å². The number of hydrogen-bond donors (Lipinski definition) is 2. The van der Waals surface area contributed by atoms with Crippen LogP contribution in [0.1, 0.15) is 29.4 Å². The third-order valence-corrected chi connectivity index (χ3v) is 3.93. The number of hydrogen-bond acceptors (Lipinski definition) is 3. The van der Waals surface area contributed by atoms with Gasteiger partial charge in [-0.25, -0.2) is 0 Å². The van der Waals surface area contributed by atoms with E-state index in [0.29, 0.717) is 9.87 Å². The standard InChI is InChI=1S/C10H13BrN2OS2/c1-2-3-6(9(12)15)13-10(14)7-4-5-8(11)16-7/h4-6H,2-3H2,1H3,(H2,12,15)(H,13,14). The quantitative estimate of drug-likeness (QED) is 0.820. The highest BCUT2D eigenvalue weighted by Gasteiger charge is 2.16. The van der Waals surface area contributed by atoms with E-state index in [1.807, 2.05) is 13.0 Å². The number of carbonyl (C=O) groups is 1. The van der Waals surface area contributed by atoms with Crippen LogP contribution in [0.15, 0.2) is 15.9 Å². The Labute approximate surface area is 113 Å². The molecule has 88 valence electrons. The Morgan fingerprint density at radius 2 is 2.38 bits per heavy atom. The number of thiocarbonyl (C=S) groups is 1. The minimum absolute atomic E-state index is 0.123. The lowest BCUT2D eigenvalue weighted by atomic mass is 10.1. The van der Waals surface area contributed by atoms with E-state index < -0.39 is 0 Å². The molecule has 0 aliphatic carbocycles. The molecule has 6 heteroatoms. The summed E-state index contributed by atoms with van der Waals surface area (Å²) in [6.45, 7) is 2.03. The number of halogens is 1. The fourth-order valence-electron chi connectivity index (χ4n) is 1.24. The van der Waals surface area contributed by atoms with Crippen molar-refractivity contribution in [2.45, 2.75) is 25.8 Å². The Morgan fingerprint density at radius 1 is 1.69 bits per heavy atom. The summed E-state index contributed by atoms with van der Waals surface area (Å²) >= 11 is 9.62. The van der Waals surface area contributed by atoms with Gasteiger partial charge in [0.2, 0.25) is 0 Å². The molecule has 0 aliphatic rings. The highest BCUT2D eigenvalue weighted by Crippen LogP contribution is 2.22. The molecule has 0 radical (unpaired) electrons. The van der Waals surface area contributed by atoms with Crippen molar-refractivity contribution >= 4 is 50.4 Å². The van der Waals surface area contributed by atoms with Gasteiger partial charge in [-0.1, -0.05) is 25.6 Å². The van der Waals surface area contributed by atoms with Crippen LogP contribution >= 0.6 is 39.5 Å². The van der Waals surface area contributed by atoms with Gasteiger partial charge in [-0.2, -0.15) is 0 Å². The van der Waals surface area contributed by atoms with Crippen LogP contribution in [0.25, 0.3) is 0 Å². The lowest BCUT2D eigenvalue weighted by Crippen LogP contribution is -2.43. The molecule has 0 aliphatic heterocycles. The van der Waals surface area contributed by atoms with Crippen molar-refractivity contribution < 1.29 is 4.79 Å². The predicted octanol–water partition coefficient (Wildman–Crippen LogP) is 2.70. The molecule has 1 heterocycles. The van der Waals surface area contributed by atoms with E-state index in [4.69, 9.17) is 18.0 Å². The van der Waals surface area contributed by atoms with Gasteiger partial charge in [0, 0.05) is 0 Å². The van der Waals surface area contributed by atoms with Gasteiger partial charge in [-0.05, 0) is 34.5 Å². The van der Waals surface area contributed by atoms with E-state index in [1.165, 1.54) is 11.3 Å². The number of amides is 1. The summed E-state index contributed by atoms with van der Waals surface area (Å²) in [5, 5.41) is 2.83. The Morgan fingerprint density at radius 3 is 2.81 bits per heavy atom. The molecule has 1 amide bonds. The maximum absolute atomic E-state index is 11.8. The first-order chi connectivity index (χ1) is 7.54. The average molecular weight is 321 g/mol. The van der Waals surface area contributed by atoms with Crippen molar-refractivity contribution in [3.8, 4) is 0 Å². The Balaban J connectivity index is 2.65. The number of nitrogens with two attached hydrogens (primary N) is 1. The van der Waals surface area contributed by atoms with Crippen molar-refractivity contribution in [1.29, 1.82) is 0 Å². The van der Waals surface area contributed by atoms with Crippen LogP contribution in [0.2, 0.25) is 0 Å². The van der Waals surface area contributed by atoms with Crippen LogP contribution in [0, 0.1) is 0 Å². The molecule has 0 spiro atoms. The molecule has 16 heavy (non-hydrogen) atoms. The average Bonchev–Trinajstić information content (AvgIpc) is 2.64. The van der Waals surface area contributed by atoms with Gasteiger partial charge in [-0.3, -0.25) is 4.79 Å². The van der Waals surface area contributed by atoms with Crippen molar-refractivity contribution in [1.82, 2.24) is 5.32 Å². The van der Waals surface area contributed by atoms with Crippen LogP contribution in [0.4, 0.5) is 0 Å². The molecular formula is C10H13BrN2OS2. The van der Waals surface area contributed by atoms with Crippen LogP contribution in [-0.4, -0.2) is 16.9 Å². The molecule has 3 N–H and O–H groups in total. The van der Waals surface area contributed by atoms with Crippen molar-refractivity contribution in [2.24, 2.45) is 5.73 Å². The van der Waals surface area contributed by atoms with Gasteiger partial charge in [-0.15, -0.1) is 11.3 Å². The van der Waals surface area contributed by atoms with Gasteiger partial charge in [0.15, 0.2) is 0 Å². The zero-order chi connectivity index (χ0) is 12.1. The predicted molar refractivity (Wildman–Crippen MR) is 75.0 cm³/mol. The molecule has 1 unspecified atom stereocenters. The Bertz CT molecular complexity index is 392. The minimum atomic E-state index is -0.214. The van der Waals surface area contributed by atoms with Gasteiger partial charge in [0.25, 0.3) is 5.91 Å². The second-order valence-corrected chi connectivity index (χ2v) is 6.26. The summed E-state index contributed by atoms with van der Waals surface area (Å²) in [5.41, 5.74) is 5.57. The van der Waals surface area contributed by atoms with Crippen molar-refractivity contribution in [2.75, 3.05) is 0 Å². The summed E-state index contributed by atoms with van der Waals surface area (Å²) < 4.78 is 0.931. The lowest BCUT2D eigenvalue weighted by molar-refractivity contribution is 0.0950. The molecule has 0 bridgehead atoms. The maximum Gasteiger partial charge on any atom is 0.261 e. The first kappa shape index (κ1) is 13.6. The first-order valence-electron chi connectivity index (χ1n) is 4.90. The maximum atomic E-state index is 11.8. The normalized spacial score (nSPS) is 12.1. The molecule has 1 aromatic heterocycles. The Kier molecular flexibility index (Phi) is 5.37. The Hall–Kier alpha value is -0.460. The van der Waals surface area contributed by atoms with Crippen LogP contribution < -0.4 is 11.1 Å². The molecule has 0 saturated carbocycles. The van der Waals surface area contributed by atoms with Crippen LogP contribution in [0.5, 0.6) is 0 Å². The highest BCUT2D eigenvalue weighted by molar-refractivity contribution is 9.11. The van der Waals surface area contributed by atoms with Gasteiger partial charge < -0.3 is 11.1 Å². The van der Waals surface area contributed by atoms with E-state index in [-0.39, 0.29) is 11.9 Å². The number of carbonyl (C=O) groups excluding carboxylic acids is 1. The fraction of sp³-hybridized carbons (Fsp3) is 0.400. The van der Waals surface area contributed by atoms with Crippen LogP contribution in [0.3, 0.4) is 0 Å². The molecular weight excluding hydrogens is 308 g/mol. The largest absolute Gasteiger partial charge is 0.392 e. The van der Waals surface area contributed by atoms with Crippen molar-refractivity contribution in [3.63, 3.8) is 0 Å². The summed E-state index contributed by atoms with van der Waals surface area (Å²) in [7, 11) is 0. The lowest BCUT2D eigenvalue weighted by Gasteiger charge is -2.15. The minimum Gasteiger partial charge on any atom is -0.392 e. The monoisotopic (exact) mass is 320 g/mol. The third-order valence-electron chi connectivity index (χ3n) is 2.02. The number of rotatable bonds is 5. The smallest absolute Gasteiger partial charge is 0.261 e. The molecule has 3 nitrogen and oxygen atoms in total. The van der Waals surface area contributed by atoms with E-state index >= 15 is 0 Å². The number of thiophene rings is 1. The summed E-state index contributed by atoms with van der Waals surface area (Å²) in [6.07, 6.45) is 1.70. The number of nitrogens with one attached hydrogen (secondary N) is 1. The summed E-state index contributed by atoms with van der Waals surface area (Å²) in [5.74, 6) is -0.123. The van der Waals surface area contributed by atoms with E-state index in [1.54, 1.807) is 6.07 Å². The second kappa shape index (κ2) is 6.32. The molecule has 0 aromatic carbocycles. The highest BCUT2D eigenvalue weighted by atomic mass is 79.9. The SMILES string of the molecule is CCCC(NC(=O)c1ccc(Br)s1)C(N)=S. The van der Waals surface area contributed by atoms with Crippen LogP contribution in [-0.2, 0) is 0 Å². The zero-order valence-corrected chi connectivity index (χ0v) is 12.0. The summed E-state index contributed by atoms with van der Waals surface area (Å²) in [4.78, 5) is 12.8. The third kappa shape index (κ3) is 3.84. The molecule has 1 aromatic rings. The molecule has 1 rings (SSSR count). The fourth-order valence-corrected chi connectivity index (χ4v) is 2.71. The van der Waals surface area contributed by atoms with E-state index in [2.05, 4.69) is 21.2 Å². The second-order valence-electron chi connectivity index (χ2n) is 3.32. The van der Waals surface area contributed by atoms with E-state index in [0.717, 1.165) is 16.6 Å². The molecule has 1 atom stereocenters. The van der Waals surface area contributed by atoms with Gasteiger partial charge in [0.05, 0.1) is 19.7 Å². The topological polar surface area (TPSA) is 55.1 Å². The van der Waals surface area contributed by atoms with Crippen molar-refractivity contribution in [3.05, 3.63) is 20.8 Å². The molecule has 0 saturated heterocycles. The summed E-state index contributed by atoms with van der Waals surface area (Å²) in [6, 6.07) is 3.40. The molecule has 0 fully saturated rings. The zero-order valence-electron chi connectivity index (χ0n) is 8.83. The van der Waals surface area contributed by atoms with Gasteiger partial charge >= 0.3 is 0 Å².